The van der Waals surface area contributed by atoms with E-state index >= 15 is 0 Å². The molecule has 56 valence electrons. The highest BCUT2D eigenvalue weighted by Gasteiger charge is 2.20. The van der Waals surface area contributed by atoms with E-state index in [1.165, 1.54) is 0 Å². The summed E-state index contributed by atoms with van der Waals surface area (Å²) in [6.45, 7) is 0. The van der Waals surface area contributed by atoms with Crippen molar-refractivity contribution in [3.8, 4) is 0 Å². The van der Waals surface area contributed by atoms with Gasteiger partial charge in [0.2, 0.25) is 0 Å². The highest BCUT2D eigenvalue weighted by molar-refractivity contribution is 7.38. The lowest BCUT2D eigenvalue weighted by Crippen LogP contribution is -2.04. The molecule has 0 bridgehead atoms. The van der Waals surface area contributed by atoms with E-state index in [2.05, 4.69) is 12.2 Å². The Kier molecular flexibility index (Phi) is 3.04. The molecule has 10 heavy (non-hydrogen) atoms. The first kappa shape index (κ1) is 7.90. The van der Waals surface area contributed by atoms with Crippen molar-refractivity contribution in [2.45, 2.75) is 19.3 Å². The molecule has 0 saturated carbocycles. The molecule has 0 aromatic carbocycles. The minimum Gasteiger partial charge on any atom is -0.161 e. The van der Waals surface area contributed by atoms with Gasteiger partial charge in [0, 0.05) is 5.92 Å². The quantitative estimate of drug-likeness (QED) is 0.494. The van der Waals surface area contributed by atoms with E-state index in [4.69, 9.17) is 4.89 Å². The maximum Gasteiger partial charge on any atom is 0.505 e. The van der Waals surface area contributed by atoms with Crippen LogP contribution in [0.1, 0.15) is 19.3 Å². The third-order valence-corrected chi connectivity index (χ3v) is 2.62. The molecule has 0 fully saturated rings. The van der Waals surface area contributed by atoms with E-state index in [9.17, 15) is 4.57 Å². The standard InChI is InChI=1S/C7H11O2P/c8-10(9)6-7-4-2-1-3-5-7/h1-2,7H,3-6H2/p+1. The van der Waals surface area contributed by atoms with Crippen LogP contribution in [0.15, 0.2) is 12.2 Å². The molecule has 0 aromatic heterocycles. The second kappa shape index (κ2) is 3.85. The van der Waals surface area contributed by atoms with Gasteiger partial charge < -0.3 is 0 Å². The molecule has 2 atom stereocenters. The van der Waals surface area contributed by atoms with Gasteiger partial charge in [0.15, 0.2) is 6.16 Å². The lowest BCUT2D eigenvalue weighted by molar-refractivity contribution is 0.468. The summed E-state index contributed by atoms with van der Waals surface area (Å²) in [4.78, 5) is 8.59. The summed E-state index contributed by atoms with van der Waals surface area (Å²) >= 11 is 0. The van der Waals surface area contributed by atoms with Gasteiger partial charge in [-0.3, -0.25) is 0 Å². The van der Waals surface area contributed by atoms with Crippen molar-refractivity contribution in [1.82, 2.24) is 0 Å². The summed E-state index contributed by atoms with van der Waals surface area (Å²) in [5.41, 5.74) is 0. The molecule has 1 aliphatic carbocycles. The minimum atomic E-state index is -1.91. The lowest BCUT2D eigenvalue weighted by Gasteiger charge is -2.10. The van der Waals surface area contributed by atoms with Crippen LogP contribution < -0.4 is 0 Å². The summed E-state index contributed by atoms with van der Waals surface area (Å²) in [6.07, 6.45) is 7.88. The van der Waals surface area contributed by atoms with E-state index in [1.807, 2.05) is 0 Å². The maximum atomic E-state index is 10.4. The summed E-state index contributed by atoms with van der Waals surface area (Å²) in [6, 6.07) is 0. The second-order valence-corrected chi connectivity index (χ2v) is 3.75. The van der Waals surface area contributed by atoms with E-state index in [0.29, 0.717) is 12.1 Å². The summed E-state index contributed by atoms with van der Waals surface area (Å²) < 4.78 is 10.4. The molecule has 0 heterocycles. The van der Waals surface area contributed by atoms with Crippen LogP contribution in [0, 0.1) is 5.92 Å². The van der Waals surface area contributed by atoms with Crippen LogP contribution in [0.4, 0.5) is 0 Å². The lowest BCUT2D eigenvalue weighted by atomic mass is 9.96. The van der Waals surface area contributed by atoms with E-state index in [-0.39, 0.29) is 0 Å². The van der Waals surface area contributed by atoms with E-state index in [1.54, 1.807) is 0 Å². The predicted molar refractivity (Wildman–Crippen MR) is 41.2 cm³/mol. The van der Waals surface area contributed by atoms with Crippen LogP contribution in [-0.4, -0.2) is 11.1 Å². The van der Waals surface area contributed by atoms with Gasteiger partial charge in [0.1, 0.15) is 0 Å². The van der Waals surface area contributed by atoms with Crippen molar-refractivity contribution >= 4 is 8.03 Å². The zero-order chi connectivity index (χ0) is 7.40. The third-order valence-electron chi connectivity index (χ3n) is 1.79. The Morgan fingerprint density at radius 2 is 2.40 bits per heavy atom. The second-order valence-electron chi connectivity index (χ2n) is 2.69. The van der Waals surface area contributed by atoms with Gasteiger partial charge in [-0.1, -0.05) is 12.2 Å². The minimum absolute atomic E-state index is 0.457. The summed E-state index contributed by atoms with van der Waals surface area (Å²) in [5.74, 6) is 0.457. The van der Waals surface area contributed by atoms with Gasteiger partial charge in [0.25, 0.3) is 0 Å². The zero-order valence-corrected chi connectivity index (χ0v) is 6.76. The molecule has 1 aliphatic rings. The molecule has 0 aromatic rings. The Labute approximate surface area is 61.8 Å². The molecule has 0 spiro atoms. The number of rotatable bonds is 2. The van der Waals surface area contributed by atoms with Gasteiger partial charge in [-0.05, 0) is 23.8 Å². The highest BCUT2D eigenvalue weighted by atomic mass is 31.1. The highest BCUT2D eigenvalue weighted by Crippen LogP contribution is 2.26. The van der Waals surface area contributed by atoms with E-state index in [0.717, 1.165) is 19.3 Å². The largest absolute Gasteiger partial charge is 0.505 e. The molecule has 1 rings (SSSR count). The molecule has 0 amide bonds. The first-order chi connectivity index (χ1) is 4.79. The summed E-state index contributed by atoms with van der Waals surface area (Å²) in [5, 5.41) is 0. The van der Waals surface area contributed by atoms with Crippen LogP contribution in [0.2, 0.25) is 0 Å². The first-order valence-corrected chi connectivity index (χ1v) is 4.97. The smallest absolute Gasteiger partial charge is 0.161 e. The Bertz CT molecular complexity index is 154. The molecule has 3 heteroatoms. The maximum absolute atomic E-state index is 10.4. The zero-order valence-electron chi connectivity index (χ0n) is 5.86. The van der Waals surface area contributed by atoms with Gasteiger partial charge in [-0.25, -0.2) is 0 Å². The Morgan fingerprint density at radius 3 is 2.90 bits per heavy atom. The van der Waals surface area contributed by atoms with Crippen LogP contribution >= 0.6 is 8.03 Å². The van der Waals surface area contributed by atoms with Crippen molar-refractivity contribution < 1.29 is 9.46 Å². The molecule has 2 unspecified atom stereocenters. The fourth-order valence-electron chi connectivity index (χ4n) is 1.24. The average molecular weight is 159 g/mol. The van der Waals surface area contributed by atoms with Gasteiger partial charge >= 0.3 is 8.03 Å². The van der Waals surface area contributed by atoms with Crippen LogP contribution in [-0.2, 0) is 4.57 Å². The number of hydrogen-bond acceptors (Lipinski definition) is 1. The fraction of sp³-hybridized carbons (Fsp3) is 0.714. The topological polar surface area (TPSA) is 37.3 Å². The molecule has 1 N–H and O–H groups in total. The van der Waals surface area contributed by atoms with Crippen molar-refractivity contribution in [2.24, 2.45) is 5.92 Å². The fourth-order valence-corrected chi connectivity index (χ4v) is 2.02. The van der Waals surface area contributed by atoms with Gasteiger partial charge in [0.05, 0.1) is 0 Å². The van der Waals surface area contributed by atoms with Crippen molar-refractivity contribution in [1.29, 1.82) is 0 Å². The molecular weight excluding hydrogens is 147 g/mol. The van der Waals surface area contributed by atoms with Gasteiger partial charge in [-0.2, -0.15) is 4.89 Å². The Hall–Kier alpha value is -0.200. The normalized spacial score (nSPS) is 26.5. The van der Waals surface area contributed by atoms with Crippen LogP contribution in [0.3, 0.4) is 0 Å². The number of hydrogen-bond donors (Lipinski definition) is 1. The van der Waals surface area contributed by atoms with Crippen LogP contribution in [0.25, 0.3) is 0 Å². The molecule has 0 saturated heterocycles. The SMILES string of the molecule is O=[P+](O)CC1CC=CCC1. The van der Waals surface area contributed by atoms with Crippen molar-refractivity contribution in [2.75, 3.05) is 6.16 Å². The summed E-state index contributed by atoms with van der Waals surface area (Å²) in [7, 11) is -1.91. The van der Waals surface area contributed by atoms with Gasteiger partial charge in [-0.15, -0.1) is 0 Å². The Balaban J connectivity index is 2.28. The number of allylic oxidation sites excluding steroid dienone is 2. The predicted octanol–water partition coefficient (Wildman–Crippen LogP) is 2.08. The molecule has 0 radical (unpaired) electrons. The third kappa shape index (κ3) is 2.59. The Morgan fingerprint density at radius 1 is 1.60 bits per heavy atom. The first-order valence-electron chi connectivity index (χ1n) is 3.57. The van der Waals surface area contributed by atoms with Crippen molar-refractivity contribution in [3.05, 3.63) is 12.2 Å². The van der Waals surface area contributed by atoms with E-state index < -0.39 is 8.03 Å². The molecule has 2 nitrogen and oxygen atoms in total. The monoisotopic (exact) mass is 159 g/mol. The molecule has 0 aliphatic heterocycles. The average Bonchev–Trinajstić information content (AvgIpc) is 1.88. The van der Waals surface area contributed by atoms with Crippen molar-refractivity contribution in [3.63, 3.8) is 0 Å². The molecular formula is C7H12O2P+. The van der Waals surface area contributed by atoms with Crippen LogP contribution in [0.5, 0.6) is 0 Å².